The molecule has 0 aromatic carbocycles. The van der Waals surface area contributed by atoms with E-state index in [0.717, 1.165) is 48.8 Å². The van der Waals surface area contributed by atoms with Crippen LogP contribution in [0.5, 0.6) is 0 Å². The number of piperidine rings is 1. The molecule has 2 aromatic heterocycles. The maximum Gasteiger partial charge on any atom is 0.354 e. The molecule has 7 nitrogen and oxygen atoms in total. The van der Waals surface area contributed by atoms with Crippen LogP contribution in [-0.2, 0) is 17.9 Å². The Morgan fingerprint density at radius 2 is 2.07 bits per heavy atom. The van der Waals surface area contributed by atoms with Crippen molar-refractivity contribution >= 4 is 22.8 Å². The van der Waals surface area contributed by atoms with Gasteiger partial charge in [-0.25, -0.2) is 9.78 Å². The van der Waals surface area contributed by atoms with Crippen molar-refractivity contribution in [2.75, 3.05) is 13.1 Å². The molecule has 2 aromatic rings. The second-order valence-electron chi connectivity index (χ2n) is 7.48. The number of fused-ring (bicyclic) bond motifs is 1. The van der Waals surface area contributed by atoms with Gasteiger partial charge in [-0.1, -0.05) is 13.3 Å². The maximum atomic E-state index is 11.9. The summed E-state index contributed by atoms with van der Waals surface area (Å²) in [6.07, 6.45) is 6.76. The molecule has 1 aliphatic rings. The van der Waals surface area contributed by atoms with Gasteiger partial charge in [-0.3, -0.25) is 9.69 Å². The number of carboxylic acids is 2. The van der Waals surface area contributed by atoms with Crippen LogP contribution in [-0.4, -0.2) is 49.7 Å². The van der Waals surface area contributed by atoms with E-state index in [4.69, 9.17) is 0 Å². The molecule has 0 saturated carbocycles. The Morgan fingerprint density at radius 3 is 2.70 bits per heavy atom. The molecular weight excluding hydrogens is 346 g/mol. The van der Waals surface area contributed by atoms with Crippen LogP contribution in [0.1, 0.15) is 55.6 Å². The van der Waals surface area contributed by atoms with E-state index in [1.165, 1.54) is 0 Å². The fourth-order valence-corrected chi connectivity index (χ4v) is 4.33. The lowest BCUT2D eigenvalue weighted by atomic mass is 9.76. The molecule has 1 atom stereocenters. The molecule has 0 bridgehead atoms. The second kappa shape index (κ2) is 7.68. The van der Waals surface area contributed by atoms with Gasteiger partial charge in [-0.05, 0) is 44.4 Å². The monoisotopic (exact) mass is 373 g/mol. The van der Waals surface area contributed by atoms with Crippen molar-refractivity contribution in [3.8, 4) is 0 Å². The van der Waals surface area contributed by atoms with Crippen LogP contribution in [0.4, 0.5) is 0 Å². The summed E-state index contributed by atoms with van der Waals surface area (Å²) in [7, 11) is 0. The molecule has 0 amide bonds. The first-order valence-corrected chi connectivity index (χ1v) is 9.57. The van der Waals surface area contributed by atoms with Crippen molar-refractivity contribution in [2.24, 2.45) is 5.41 Å². The zero-order valence-corrected chi connectivity index (χ0v) is 15.9. The number of likely N-dealkylation sites (tertiary alicyclic amines) is 1. The summed E-state index contributed by atoms with van der Waals surface area (Å²) in [5, 5.41) is 20.0. The van der Waals surface area contributed by atoms with Gasteiger partial charge in [0.1, 0.15) is 5.69 Å². The number of aromatic nitrogens is 2. The molecule has 0 aliphatic carbocycles. The van der Waals surface area contributed by atoms with Crippen LogP contribution in [0.3, 0.4) is 0 Å². The third-order valence-corrected chi connectivity index (χ3v) is 5.64. The molecule has 0 spiro atoms. The van der Waals surface area contributed by atoms with Gasteiger partial charge in [0.25, 0.3) is 0 Å². The van der Waals surface area contributed by atoms with Crippen molar-refractivity contribution in [3.63, 3.8) is 0 Å². The minimum Gasteiger partial charge on any atom is -0.481 e. The fraction of sp³-hybridized carbons (Fsp3) is 0.550. The number of carboxylic acid groups (broad SMARTS) is 2. The zero-order chi connectivity index (χ0) is 19.6. The van der Waals surface area contributed by atoms with Crippen LogP contribution in [0.25, 0.3) is 10.9 Å². The fourth-order valence-electron chi connectivity index (χ4n) is 4.33. The van der Waals surface area contributed by atoms with Crippen LogP contribution in [0.15, 0.2) is 18.5 Å². The molecule has 2 N–H and O–H groups in total. The molecule has 3 heterocycles. The summed E-state index contributed by atoms with van der Waals surface area (Å²) in [6.45, 7) is 6.83. The number of aryl methyl sites for hydroxylation is 1. The molecule has 1 fully saturated rings. The predicted molar refractivity (Wildman–Crippen MR) is 102 cm³/mol. The van der Waals surface area contributed by atoms with Gasteiger partial charge in [0.05, 0.1) is 17.1 Å². The molecule has 0 unspecified atom stereocenters. The largest absolute Gasteiger partial charge is 0.481 e. The van der Waals surface area contributed by atoms with Crippen molar-refractivity contribution in [1.29, 1.82) is 0 Å². The summed E-state index contributed by atoms with van der Waals surface area (Å²) in [6, 6.07) is 1.62. The Bertz CT molecular complexity index is 856. The lowest BCUT2D eigenvalue weighted by Gasteiger charge is -2.40. The van der Waals surface area contributed by atoms with Crippen LogP contribution < -0.4 is 0 Å². The number of pyridine rings is 1. The smallest absolute Gasteiger partial charge is 0.354 e. The minimum absolute atomic E-state index is 0.0297. The predicted octanol–water partition coefficient (Wildman–Crippen LogP) is 3.22. The van der Waals surface area contributed by atoms with Gasteiger partial charge in [0.15, 0.2) is 0 Å². The van der Waals surface area contributed by atoms with E-state index in [0.29, 0.717) is 19.5 Å². The average Bonchev–Trinajstić information content (AvgIpc) is 2.99. The molecule has 1 aliphatic heterocycles. The number of hydrogen-bond acceptors (Lipinski definition) is 4. The highest BCUT2D eigenvalue weighted by Crippen LogP contribution is 2.36. The number of hydrogen-bond donors (Lipinski definition) is 2. The van der Waals surface area contributed by atoms with E-state index in [-0.39, 0.29) is 5.69 Å². The molecular formula is C20H27N3O4. The number of rotatable bonds is 7. The normalized spacial score (nSPS) is 20.8. The summed E-state index contributed by atoms with van der Waals surface area (Å²) in [5.41, 5.74) is 1.29. The van der Waals surface area contributed by atoms with Crippen LogP contribution >= 0.6 is 0 Å². The van der Waals surface area contributed by atoms with E-state index in [9.17, 15) is 19.8 Å². The SMILES string of the molecule is CCC[C@@]1(C(=O)O)CCCN(Cc2cn(CC)c3cnc(C(=O)O)cc23)C1. The molecule has 27 heavy (non-hydrogen) atoms. The average molecular weight is 373 g/mol. The number of carbonyl (C=O) groups is 2. The summed E-state index contributed by atoms with van der Waals surface area (Å²) in [4.78, 5) is 29.5. The lowest BCUT2D eigenvalue weighted by molar-refractivity contribution is -0.153. The third-order valence-electron chi connectivity index (χ3n) is 5.64. The van der Waals surface area contributed by atoms with Crippen molar-refractivity contribution in [2.45, 2.75) is 52.6 Å². The number of nitrogens with zero attached hydrogens (tertiary/aromatic N) is 3. The quantitative estimate of drug-likeness (QED) is 0.774. The summed E-state index contributed by atoms with van der Waals surface area (Å²) < 4.78 is 2.06. The molecule has 3 rings (SSSR count). The Balaban J connectivity index is 1.92. The third kappa shape index (κ3) is 3.69. The lowest BCUT2D eigenvalue weighted by Crippen LogP contribution is -2.47. The van der Waals surface area contributed by atoms with E-state index in [1.807, 2.05) is 20.0 Å². The highest BCUT2D eigenvalue weighted by atomic mass is 16.4. The van der Waals surface area contributed by atoms with Crippen molar-refractivity contribution in [1.82, 2.24) is 14.5 Å². The summed E-state index contributed by atoms with van der Waals surface area (Å²) in [5.74, 6) is -1.75. The van der Waals surface area contributed by atoms with Gasteiger partial charge in [-0.15, -0.1) is 0 Å². The van der Waals surface area contributed by atoms with E-state index in [2.05, 4.69) is 14.5 Å². The van der Waals surface area contributed by atoms with E-state index < -0.39 is 17.4 Å². The molecule has 0 radical (unpaired) electrons. The van der Waals surface area contributed by atoms with E-state index in [1.54, 1.807) is 12.3 Å². The topological polar surface area (TPSA) is 95.7 Å². The molecule has 146 valence electrons. The van der Waals surface area contributed by atoms with Gasteiger partial charge < -0.3 is 14.8 Å². The van der Waals surface area contributed by atoms with Crippen molar-refractivity contribution in [3.05, 3.63) is 29.7 Å². The van der Waals surface area contributed by atoms with Crippen LogP contribution in [0.2, 0.25) is 0 Å². The molecule has 1 saturated heterocycles. The van der Waals surface area contributed by atoms with Crippen LogP contribution in [0, 0.1) is 5.41 Å². The Labute approximate surface area is 158 Å². The highest BCUT2D eigenvalue weighted by Gasteiger charge is 2.41. The standard InChI is InChI=1S/C20H27N3O4/c1-3-6-20(19(26)27)7-5-8-22(13-20)11-14-12-23(4-2)17-10-21-16(18(24)25)9-15(14)17/h9-10,12H,3-8,11,13H2,1-2H3,(H,24,25)(H,26,27)/t20-/m1/s1. The number of aliphatic carboxylic acids is 1. The maximum absolute atomic E-state index is 11.9. The summed E-state index contributed by atoms with van der Waals surface area (Å²) >= 11 is 0. The Morgan fingerprint density at radius 1 is 1.30 bits per heavy atom. The first kappa shape index (κ1) is 19.4. The second-order valence-corrected chi connectivity index (χ2v) is 7.48. The van der Waals surface area contributed by atoms with Gasteiger partial charge in [-0.2, -0.15) is 0 Å². The first-order chi connectivity index (χ1) is 12.9. The zero-order valence-electron chi connectivity index (χ0n) is 15.9. The van der Waals surface area contributed by atoms with Crippen molar-refractivity contribution < 1.29 is 19.8 Å². The van der Waals surface area contributed by atoms with Gasteiger partial charge >= 0.3 is 11.9 Å². The Hall–Kier alpha value is -2.41. The minimum atomic E-state index is -1.04. The Kier molecular flexibility index (Phi) is 5.51. The van der Waals surface area contributed by atoms with Gasteiger partial charge in [0, 0.05) is 31.2 Å². The number of aromatic carboxylic acids is 1. The van der Waals surface area contributed by atoms with Gasteiger partial charge in [0.2, 0.25) is 0 Å². The highest BCUT2D eigenvalue weighted by molar-refractivity contribution is 5.92. The first-order valence-electron chi connectivity index (χ1n) is 9.57. The van der Waals surface area contributed by atoms with E-state index >= 15 is 0 Å². The molecule has 7 heteroatoms.